The molecule has 1 aliphatic rings. The molecule has 0 saturated heterocycles. The molecule has 4 heteroatoms. The van der Waals surface area contributed by atoms with Crippen LogP contribution < -0.4 is 4.90 Å². The molecule has 1 fully saturated rings. The van der Waals surface area contributed by atoms with Crippen molar-refractivity contribution >= 4 is 11.5 Å². The predicted molar refractivity (Wildman–Crippen MR) is 76.3 cm³/mol. The highest BCUT2D eigenvalue weighted by molar-refractivity contribution is 5.55. The van der Waals surface area contributed by atoms with E-state index in [-0.39, 0.29) is 6.61 Å². The van der Waals surface area contributed by atoms with E-state index in [1.165, 1.54) is 19.3 Å². The minimum Gasteiger partial charge on any atom is -0.390 e. The Balaban J connectivity index is 1.96. The highest BCUT2D eigenvalue weighted by Crippen LogP contribution is 2.30. The summed E-state index contributed by atoms with van der Waals surface area (Å²) in [6, 6.07) is 5.94. The second-order valence-corrected chi connectivity index (χ2v) is 5.30. The van der Waals surface area contributed by atoms with Crippen molar-refractivity contribution in [2.24, 2.45) is 5.92 Å². The first kappa shape index (κ1) is 12.5. The Kier molecular flexibility index (Phi) is 3.42. The maximum absolute atomic E-state index is 9.67. The van der Waals surface area contributed by atoms with Gasteiger partial charge in [-0.25, -0.2) is 4.98 Å². The third-order valence-corrected chi connectivity index (χ3v) is 4.14. The first-order valence-corrected chi connectivity index (χ1v) is 7.15. The number of imidazole rings is 1. The van der Waals surface area contributed by atoms with Crippen LogP contribution in [0, 0.1) is 5.92 Å². The van der Waals surface area contributed by atoms with Crippen molar-refractivity contribution in [1.82, 2.24) is 9.38 Å². The van der Waals surface area contributed by atoms with Crippen LogP contribution in [-0.2, 0) is 6.61 Å². The summed E-state index contributed by atoms with van der Waals surface area (Å²) in [5.41, 5.74) is 1.81. The molecular weight excluding hydrogens is 238 g/mol. The second-order valence-electron chi connectivity index (χ2n) is 5.30. The summed E-state index contributed by atoms with van der Waals surface area (Å²) in [7, 11) is 0. The summed E-state index contributed by atoms with van der Waals surface area (Å²) in [5, 5.41) is 9.67. The van der Waals surface area contributed by atoms with Crippen molar-refractivity contribution in [1.29, 1.82) is 0 Å². The van der Waals surface area contributed by atoms with Gasteiger partial charge >= 0.3 is 0 Å². The molecule has 0 aromatic carbocycles. The Morgan fingerprint density at radius 1 is 1.42 bits per heavy atom. The van der Waals surface area contributed by atoms with E-state index in [9.17, 15) is 5.11 Å². The molecule has 0 atom stereocenters. The largest absolute Gasteiger partial charge is 0.390 e. The van der Waals surface area contributed by atoms with Crippen molar-refractivity contribution < 1.29 is 5.11 Å². The van der Waals surface area contributed by atoms with Crippen LogP contribution in [0.1, 0.15) is 31.9 Å². The molecule has 2 aromatic rings. The summed E-state index contributed by atoms with van der Waals surface area (Å²) in [4.78, 5) is 7.00. The van der Waals surface area contributed by atoms with Crippen LogP contribution in [0.5, 0.6) is 0 Å². The van der Waals surface area contributed by atoms with Crippen molar-refractivity contribution in [3.05, 3.63) is 30.1 Å². The molecule has 0 spiro atoms. The van der Waals surface area contributed by atoms with E-state index in [0.29, 0.717) is 0 Å². The summed E-state index contributed by atoms with van der Waals surface area (Å²) < 4.78 is 1.98. The van der Waals surface area contributed by atoms with E-state index in [0.717, 1.165) is 36.2 Å². The van der Waals surface area contributed by atoms with Crippen LogP contribution in [0.15, 0.2) is 24.4 Å². The van der Waals surface area contributed by atoms with E-state index in [1.54, 1.807) is 0 Å². The molecule has 2 heterocycles. The maximum Gasteiger partial charge on any atom is 0.153 e. The van der Waals surface area contributed by atoms with Gasteiger partial charge in [0.05, 0.1) is 12.3 Å². The summed E-state index contributed by atoms with van der Waals surface area (Å²) in [5.74, 6) is 1.75. The highest BCUT2D eigenvalue weighted by Gasteiger charge is 2.23. The zero-order valence-corrected chi connectivity index (χ0v) is 11.4. The van der Waals surface area contributed by atoms with Gasteiger partial charge in [0, 0.05) is 19.3 Å². The van der Waals surface area contributed by atoms with Gasteiger partial charge in [-0.05, 0) is 37.8 Å². The zero-order chi connectivity index (χ0) is 13.2. The van der Waals surface area contributed by atoms with Crippen LogP contribution >= 0.6 is 0 Å². The van der Waals surface area contributed by atoms with Gasteiger partial charge < -0.3 is 10.0 Å². The number of nitrogens with zero attached hydrogens (tertiary/aromatic N) is 3. The number of hydrogen-bond donors (Lipinski definition) is 1. The molecule has 102 valence electrons. The third-order valence-electron chi connectivity index (χ3n) is 4.14. The molecule has 0 unspecified atom stereocenters. The van der Waals surface area contributed by atoms with E-state index in [4.69, 9.17) is 4.98 Å². The Bertz CT molecular complexity index is 560. The Morgan fingerprint density at radius 3 is 2.89 bits per heavy atom. The predicted octanol–water partition coefficient (Wildman–Crippen LogP) is 2.45. The molecule has 0 amide bonds. The smallest absolute Gasteiger partial charge is 0.153 e. The Morgan fingerprint density at radius 2 is 2.26 bits per heavy atom. The lowest BCUT2D eigenvalue weighted by Gasteiger charge is -2.32. The van der Waals surface area contributed by atoms with Crippen LogP contribution in [0.2, 0.25) is 0 Å². The Hall–Kier alpha value is -1.55. The van der Waals surface area contributed by atoms with Crippen LogP contribution in [0.4, 0.5) is 5.82 Å². The van der Waals surface area contributed by atoms with Gasteiger partial charge in [-0.3, -0.25) is 4.40 Å². The SMILES string of the molecule is CCN(CC1CCC1)c1nc2ccccn2c1CO. The van der Waals surface area contributed by atoms with Gasteiger partial charge in [0.1, 0.15) is 5.65 Å². The highest BCUT2D eigenvalue weighted by atomic mass is 16.3. The lowest BCUT2D eigenvalue weighted by atomic mass is 9.85. The molecule has 4 nitrogen and oxygen atoms in total. The third kappa shape index (κ3) is 2.21. The fourth-order valence-corrected chi connectivity index (χ4v) is 2.79. The molecule has 1 aliphatic carbocycles. The second kappa shape index (κ2) is 5.21. The van der Waals surface area contributed by atoms with Gasteiger partial charge in [0.25, 0.3) is 0 Å². The van der Waals surface area contributed by atoms with Gasteiger partial charge in [-0.1, -0.05) is 12.5 Å². The molecule has 0 bridgehead atoms. The van der Waals surface area contributed by atoms with Crippen molar-refractivity contribution in [3.8, 4) is 0 Å². The molecule has 0 aliphatic heterocycles. The normalized spacial score (nSPS) is 15.7. The van der Waals surface area contributed by atoms with Crippen molar-refractivity contribution in [2.45, 2.75) is 32.8 Å². The number of pyridine rings is 1. The van der Waals surface area contributed by atoms with E-state index < -0.39 is 0 Å². The number of anilines is 1. The molecule has 1 saturated carbocycles. The van der Waals surface area contributed by atoms with Crippen molar-refractivity contribution in [3.63, 3.8) is 0 Å². The van der Waals surface area contributed by atoms with Gasteiger partial charge in [-0.2, -0.15) is 0 Å². The van der Waals surface area contributed by atoms with Gasteiger partial charge in [0.2, 0.25) is 0 Å². The average Bonchev–Trinajstić information content (AvgIpc) is 2.76. The topological polar surface area (TPSA) is 40.8 Å². The standard InChI is InChI=1S/C15H21N3O/c1-2-17(10-12-6-5-7-12)15-13(11-19)18-9-4-3-8-14(18)16-15/h3-4,8-9,12,19H,2,5-7,10-11H2,1H3. The molecule has 1 N–H and O–H groups in total. The Labute approximate surface area is 113 Å². The van der Waals surface area contributed by atoms with E-state index in [2.05, 4.69) is 11.8 Å². The molecule has 19 heavy (non-hydrogen) atoms. The quantitative estimate of drug-likeness (QED) is 0.896. The van der Waals surface area contributed by atoms with Gasteiger partial charge in [0.15, 0.2) is 5.82 Å². The lowest BCUT2D eigenvalue weighted by molar-refractivity contribution is 0.275. The maximum atomic E-state index is 9.67. The summed E-state index contributed by atoms with van der Waals surface area (Å²) in [6.45, 7) is 4.19. The number of fused-ring (bicyclic) bond motifs is 1. The molecule has 3 rings (SSSR count). The fraction of sp³-hybridized carbons (Fsp3) is 0.533. The number of aromatic nitrogens is 2. The average molecular weight is 259 g/mol. The molecule has 2 aromatic heterocycles. The lowest BCUT2D eigenvalue weighted by Crippen LogP contribution is -2.33. The molecule has 0 radical (unpaired) electrons. The summed E-state index contributed by atoms with van der Waals surface area (Å²) >= 11 is 0. The number of aliphatic hydroxyl groups is 1. The minimum absolute atomic E-state index is 0.0294. The van der Waals surface area contributed by atoms with Crippen molar-refractivity contribution in [2.75, 3.05) is 18.0 Å². The zero-order valence-electron chi connectivity index (χ0n) is 11.4. The first-order valence-electron chi connectivity index (χ1n) is 7.15. The number of hydrogen-bond acceptors (Lipinski definition) is 3. The van der Waals surface area contributed by atoms with E-state index in [1.807, 2.05) is 28.8 Å². The van der Waals surface area contributed by atoms with Crippen LogP contribution in [0.25, 0.3) is 5.65 Å². The van der Waals surface area contributed by atoms with Crippen LogP contribution in [-0.4, -0.2) is 27.6 Å². The first-order chi connectivity index (χ1) is 9.33. The minimum atomic E-state index is 0.0294. The fourth-order valence-electron chi connectivity index (χ4n) is 2.79. The van der Waals surface area contributed by atoms with Gasteiger partial charge in [-0.15, -0.1) is 0 Å². The van der Waals surface area contributed by atoms with Crippen LogP contribution in [0.3, 0.4) is 0 Å². The number of aliphatic hydroxyl groups excluding tert-OH is 1. The summed E-state index contributed by atoms with van der Waals surface area (Å²) in [6.07, 6.45) is 5.99. The number of rotatable bonds is 5. The molecular formula is C15H21N3O. The van der Waals surface area contributed by atoms with E-state index >= 15 is 0 Å². The monoisotopic (exact) mass is 259 g/mol.